The van der Waals surface area contributed by atoms with Gasteiger partial charge in [0.1, 0.15) is 12.3 Å². The topological polar surface area (TPSA) is 117 Å². The molecule has 0 aliphatic heterocycles. The average Bonchev–Trinajstić information content (AvgIpc) is 2.96. The molecule has 0 bridgehead atoms. The first-order valence-corrected chi connectivity index (χ1v) is 9.19. The number of benzene rings is 2. The van der Waals surface area contributed by atoms with E-state index < -0.39 is 21.7 Å². The minimum absolute atomic E-state index is 0.0393. The predicted molar refractivity (Wildman–Crippen MR) is 96.3 cm³/mol. The summed E-state index contributed by atoms with van der Waals surface area (Å²) in [6.07, 6.45) is 0. The summed E-state index contributed by atoms with van der Waals surface area (Å²) in [5, 5.41) is 0. The van der Waals surface area contributed by atoms with E-state index in [1.807, 2.05) is 0 Å². The van der Waals surface area contributed by atoms with Crippen LogP contribution in [0.5, 0.6) is 5.75 Å². The molecule has 0 aliphatic carbocycles. The summed E-state index contributed by atoms with van der Waals surface area (Å²) in [4.78, 5) is 23.2. The summed E-state index contributed by atoms with van der Waals surface area (Å²) in [7, 11) is -1.26. The van der Waals surface area contributed by atoms with Crippen molar-refractivity contribution in [3.8, 4) is 5.75 Å². The summed E-state index contributed by atoms with van der Waals surface area (Å²) in [5.41, 5.74) is 0.641. The highest BCUT2D eigenvalue weighted by atomic mass is 32.2. The summed E-state index contributed by atoms with van der Waals surface area (Å²) in [6, 6.07) is 10.4. The number of nitrogens with one attached hydrogen (secondary N) is 1. The zero-order valence-corrected chi connectivity index (χ0v) is 15.3. The molecule has 0 aliphatic rings. The number of hydrogen-bond donors (Lipinski definition) is 1. The molecule has 3 rings (SSSR count). The van der Waals surface area contributed by atoms with Crippen LogP contribution in [0.2, 0.25) is 0 Å². The molecule has 1 N–H and O–H groups in total. The van der Waals surface area contributed by atoms with E-state index in [-0.39, 0.29) is 22.5 Å². The predicted octanol–water partition coefficient (Wildman–Crippen LogP) is 1.58. The van der Waals surface area contributed by atoms with Gasteiger partial charge in [0.25, 0.3) is 10.0 Å². The molecular weight excluding hydrogens is 376 g/mol. The molecule has 10 heteroatoms. The second-order valence-corrected chi connectivity index (χ2v) is 7.18. The molecule has 0 radical (unpaired) electrons. The van der Waals surface area contributed by atoms with Crippen LogP contribution in [0, 0.1) is 0 Å². The maximum absolute atomic E-state index is 12.6. The maximum Gasteiger partial charge on any atom is 0.420 e. The van der Waals surface area contributed by atoms with Crippen LogP contribution < -0.4 is 15.2 Å². The smallest absolute Gasteiger partial charge is 0.420 e. The number of hydrogen-bond acceptors (Lipinski definition) is 7. The van der Waals surface area contributed by atoms with Crippen molar-refractivity contribution in [3.63, 3.8) is 0 Å². The third-order valence-electron chi connectivity index (χ3n) is 3.79. The fraction of sp³-hybridized carbons (Fsp3) is 0.176. The normalized spacial score (nSPS) is 11.3. The van der Waals surface area contributed by atoms with E-state index >= 15 is 0 Å². The largest absolute Gasteiger partial charge is 0.497 e. The van der Waals surface area contributed by atoms with Gasteiger partial charge in [-0.05, 0) is 24.3 Å². The third-order valence-corrected chi connectivity index (χ3v) is 5.17. The number of fused-ring (bicyclic) bond motifs is 1. The highest BCUT2D eigenvalue weighted by Crippen LogP contribution is 2.23. The third kappa shape index (κ3) is 3.80. The van der Waals surface area contributed by atoms with Crippen LogP contribution in [0.1, 0.15) is 0 Å². The molecule has 9 nitrogen and oxygen atoms in total. The average molecular weight is 392 g/mol. The molecule has 1 aromatic heterocycles. The Morgan fingerprint density at radius 2 is 1.96 bits per heavy atom. The lowest BCUT2D eigenvalue weighted by atomic mass is 10.3. The summed E-state index contributed by atoms with van der Waals surface area (Å²) >= 11 is 0. The number of methoxy groups -OCH3 is 2. The molecule has 0 saturated heterocycles. The standard InChI is InChI=1S/C17H16N2O7S/c1-24-12-5-3-4-11(8-12)18-27(22,23)13-6-7-14-15(9-13)26-17(21)19(14)10-16(20)25-2/h3-9,18H,10H2,1-2H3. The molecular formula is C17H16N2O7S. The van der Waals surface area contributed by atoms with Gasteiger partial charge in [-0.15, -0.1) is 0 Å². The fourth-order valence-corrected chi connectivity index (χ4v) is 3.52. The molecule has 0 atom stereocenters. The van der Waals surface area contributed by atoms with Gasteiger partial charge in [0.2, 0.25) is 0 Å². The number of aromatic nitrogens is 1. The monoisotopic (exact) mass is 392 g/mol. The molecule has 142 valence electrons. The zero-order valence-electron chi connectivity index (χ0n) is 14.5. The van der Waals surface area contributed by atoms with Crippen molar-refractivity contribution in [2.75, 3.05) is 18.9 Å². The number of ether oxygens (including phenoxy) is 2. The van der Waals surface area contributed by atoms with Gasteiger partial charge in [-0.2, -0.15) is 0 Å². The van der Waals surface area contributed by atoms with Crippen molar-refractivity contribution >= 4 is 32.8 Å². The quantitative estimate of drug-likeness (QED) is 0.633. The summed E-state index contributed by atoms with van der Waals surface area (Å²) < 4.78 is 43.4. The van der Waals surface area contributed by atoms with Crippen molar-refractivity contribution in [1.82, 2.24) is 4.57 Å². The summed E-state index contributed by atoms with van der Waals surface area (Å²) in [5.74, 6) is -0.918. The zero-order chi connectivity index (χ0) is 19.6. The van der Waals surface area contributed by atoms with Gasteiger partial charge in [0, 0.05) is 12.1 Å². The number of carbonyl (C=O) groups is 1. The maximum atomic E-state index is 12.6. The van der Waals surface area contributed by atoms with Crippen molar-refractivity contribution in [3.05, 3.63) is 53.0 Å². The lowest BCUT2D eigenvalue weighted by Gasteiger charge is -2.09. The number of anilines is 1. The van der Waals surface area contributed by atoms with Crippen LogP contribution in [0.15, 0.2) is 56.6 Å². The van der Waals surface area contributed by atoms with E-state index in [0.29, 0.717) is 11.4 Å². The van der Waals surface area contributed by atoms with Crippen LogP contribution in [-0.4, -0.2) is 33.2 Å². The van der Waals surface area contributed by atoms with Gasteiger partial charge in [0.15, 0.2) is 5.58 Å². The van der Waals surface area contributed by atoms with E-state index in [1.54, 1.807) is 18.2 Å². The first-order chi connectivity index (χ1) is 12.8. The number of esters is 1. The van der Waals surface area contributed by atoms with Crippen LogP contribution in [0.3, 0.4) is 0 Å². The molecule has 27 heavy (non-hydrogen) atoms. The molecule has 2 aromatic carbocycles. The molecule has 0 unspecified atom stereocenters. The van der Waals surface area contributed by atoms with Crippen molar-refractivity contribution < 1.29 is 27.1 Å². The van der Waals surface area contributed by atoms with Crippen LogP contribution in [-0.2, 0) is 26.1 Å². The Bertz CT molecular complexity index is 1160. The lowest BCUT2D eigenvalue weighted by Crippen LogP contribution is -2.20. The van der Waals surface area contributed by atoms with Gasteiger partial charge in [-0.3, -0.25) is 14.1 Å². The summed E-state index contributed by atoms with van der Waals surface area (Å²) in [6.45, 7) is -0.337. The van der Waals surface area contributed by atoms with E-state index in [2.05, 4.69) is 9.46 Å². The Labute approximate surface area is 154 Å². The van der Waals surface area contributed by atoms with E-state index in [1.165, 1.54) is 38.5 Å². The van der Waals surface area contributed by atoms with Crippen LogP contribution >= 0.6 is 0 Å². The number of nitrogens with zero attached hydrogens (tertiary/aromatic N) is 1. The van der Waals surface area contributed by atoms with Gasteiger partial charge >= 0.3 is 11.7 Å². The second kappa shape index (κ2) is 7.16. The van der Waals surface area contributed by atoms with Crippen LogP contribution in [0.4, 0.5) is 5.69 Å². The molecule has 0 fully saturated rings. The van der Waals surface area contributed by atoms with Crippen molar-refractivity contribution in [1.29, 1.82) is 0 Å². The van der Waals surface area contributed by atoms with E-state index in [4.69, 9.17) is 9.15 Å². The Morgan fingerprint density at radius 3 is 2.67 bits per heavy atom. The van der Waals surface area contributed by atoms with Gasteiger partial charge in [0.05, 0.1) is 30.3 Å². The van der Waals surface area contributed by atoms with Crippen LogP contribution in [0.25, 0.3) is 11.1 Å². The number of sulfonamides is 1. The lowest BCUT2D eigenvalue weighted by molar-refractivity contribution is -0.141. The molecule has 0 amide bonds. The van der Waals surface area contributed by atoms with Gasteiger partial charge < -0.3 is 13.9 Å². The minimum atomic E-state index is -3.93. The number of rotatable bonds is 6. The first kappa shape index (κ1) is 18.5. The molecule has 0 spiro atoms. The van der Waals surface area contributed by atoms with Crippen molar-refractivity contribution in [2.24, 2.45) is 0 Å². The van der Waals surface area contributed by atoms with E-state index in [0.717, 1.165) is 4.57 Å². The number of carbonyl (C=O) groups excluding carboxylic acids is 1. The highest BCUT2D eigenvalue weighted by molar-refractivity contribution is 7.92. The fourth-order valence-electron chi connectivity index (χ4n) is 2.46. The number of oxazole rings is 1. The van der Waals surface area contributed by atoms with E-state index in [9.17, 15) is 18.0 Å². The minimum Gasteiger partial charge on any atom is -0.497 e. The Morgan fingerprint density at radius 1 is 1.19 bits per heavy atom. The Balaban J connectivity index is 1.96. The SMILES string of the molecule is COC(=O)Cn1c(=O)oc2cc(S(=O)(=O)Nc3cccc(OC)c3)ccc21. The molecule has 0 saturated carbocycles. The van der Waals surface area contributed by atoms with Crippen molar-refractivity contribution in [2.45, 2.75) is 11.4 Å². The Hall–Kier alpha value is -3.27. The highest BCUT2D eigenvalue weighted by Gasteiger charge is 2.19. The van der Waals surface area contributed by atoms with Gasteiger partial charge in [-0.25, -0.2) is 13.2 Å². The molecule has 1 heterocycles. The first-order valence-electron chi connectivity index (χ1n) is 7.71. The molecule has 3 aromatic rings. The van der Waals surface area contributed by atoms with Gasteiger partial charge in [-0.1, -0.05) is 6.07 Å². The second-order valence-electron chi connectivity index (χ2n) is 5.50. The Kier molecular flexibility index (Phi) is 4.91.